The Morgan fingerprint density at radius 1 is 0.926 bits per heavy atom. The van der Waals surface area contributed by atoms with E-state index in [1.165, 1.54) is 18.2 Å². The molecule has 1 unspecified atom stereocenters. The first kappa shape index (κ1) is 42.9. The first-order valence-electron chi connectivity index (χ1n) is 17.5. The quantitative estimate of drug-likeness (QED) is 0.108. The summed E-state index contributed by atoms with van der Waals surface area (Å²) >= 11 is 0. The third-order valence-electron chi connectivity index (χ3n) is 9.53. The molecular weight excluding hydrogens is 761 g/mol. The molecule has 0 aromatic heterocycles. The van der Waals surface area contributed by atoms with Crippen molar-refractivity contribution in [3.63, 3.8) is 0 Å². The molecule has 2 heterocycles. The fourth-order valence-electron chi connectivity index (χ4n) is 6.93. The molecule has 296 valence electrons. The highest BCUT2D eigenvalue weighted by Gasteiger charge is 2.43. The molecule has 1 atom stereocenters. The van der Waals surface area contributed by atoms with Gasteiger partial charge >= 0.3 is 5.97 Å². The normalized spacial score (nSPS) is 18.1. The van der Waals surface area contributed by atoms with Crippen LogP contribution < -0.4 is 14.8 Å². The van der Waals surface area contributed by atoms with Gasteiger partial charge in [0.25, 0.3) is 30.4 Å². The van der Waals surface area contributed by atoms with E-state index in [1.54, 1.807) is 18.2 Å². The van der Waals surface area contributed by atoms with E-state index in [0.29, 0.717) is 41.6 Å². The summed E-state index contributed by atoms with van der Waals surface area (Å²) in [4.78, 5) is 13.0. The van der Waals surface area contributed by atoms with E-state index in [0.717, 1.165) is 16.5 Å². The molecular formula is C37H49N2O12S3+. The van der Waals surface area contributed by atoms with Crippen LogP contribution in [0.4, 0.5) is 5.69 Å². The van der Waals surface area contributed by atoms with Crippen LogP contribution in [-0.2, 0) is 46.0 Å². The summed E-state index contributed by atoms with van der Waals surface area (Å²) < 4.78 is 107. The Morgan fingerprint density at radius 2 is 1.59 bits per heavy atom. The first-order valence-corrected chi connectivity index (χ1v) is 22.2. The van der Waals surface area contributed by atoms with Crippen molar-refractivity contribution >= 4 is 48.1 Å². The predicted molar refractivity (Wildman–Crippen MR) is 206 cm³/mol. The molecule has 0 saturated heterocycles. The molecule has 0 saturated carbocycles. The second kappa shape index (κ2) is 16.5. The standard InChI is InChI=1S/C37H48N2O12S3/c1-6-38(19-9-21-52(42,43)44)26-14-16-29-30(36(2,3)4)24-27(51-33(29)23-26)11-7-12-34-37(5,18-8-13-35(40)41)31-25-28(54(48,49)50)15-17-32(31)39(34)20-10-22-53(45,46)47/h7,11-12,14-17,23-25H,6,8-10,13,18-22H2,1-5H3,(H3-,40,41,42,43,44,45,46,47,48,49,50)/p+1. The smallest absolute Gasteiger partial charge is 0.303 e. The van der Waals surface area contributed by atoms with Crippen LogP contribution in [0.2, 0.25) is 0 Å². The third-order valence-corrected chi connectivity index (χ3v) is 12.0. The van der Waals surface area contributed by atoms with E-state index >= 15 is 0 Å². The van der Waals surface area contributed by atoms with Gasteiger partial charge < -0.3 is 14.4 Å². The van der Waals surface area contributed by atoms with Crippen molar-refractivity contribution in [3.05, 3.63) is 82.6 Å². The Hall–Kier alpha value is -3.87. The van der Waals surface area contributed by atoms with Gasteiger partial charge in [0, 0.05) is 47.8 Å². The molecule has 54 heavy (non-hydrogen) atoms. The summed E-state index contributed by atoms with van der Waals surface area (Å²) in [6.07, 6.45) is 5.86. The van der Waals surface area contributed by atoms with Crippen molar-refractivity contribution in [3.8, 4) is 11.3 Å². The maximum absolute atomic E-state index is 12.2. The molecule has 1 aromatic carbocycles. The minimum atomic E-state index is -4.60. The van der Waals surface area contributed by atoms with Gasteiger partial charge in [0.15, 0.2) is 0 Å². The summed E-state index contributed by atoms with van der Waals surface area (Å²) in [5.74, 6) is -0.814. The summed E-state index contributed by atoms with van der Waals surface area (Å²) in [7, 11) is -13.0. The van der Waals surface area contributed by atoms with Crippen LogP contribution in [0, 0.1) is 0 Å². The van der Waals surface area contributed by atoms with E-state index in [4.69, 9.17) is 4.42 Å². The van der Waals surface area contributed by atoms with Crippen LogP contribution in [0.15, 0.2) is 69.6 Å². The van der Waals surface area contributed by atoms with Crippen molar-refractivity contribution in [1.82, 2.24) is 4.58 Å². The van der Waals surface area contributed by atoms with Gasteiger partial charge in [-0.2, -0.15) is 25.3 Å². The number of anilines is 1. The number of hydrogen-bond donors (Lipinski definition) is 4. The minimum Gasteiger partial charge on any atom is -0.481 e. The van der Waals surface area contributed by atoms with E-state index in [9.17, 15) is 48.8 Å². The fourth-order valence-corrected chi connectivity index (χ4v) is 8.42. The highest BCUT2D eigenvalue weighted by Crippen LogP contribution is 2.51. The molecule has 0 spiro atoms. The zero-order valence-corrected chi connectivity index (χ0v) is 33.5. The van der Waals surface area contributed by atoms with E-state index in [1.807, 2.05) is 47.6 Å². The van der Waals surface area contributed by atoms with Crippen molar-refractivity contribution in [2.75, 3.05) is 36.0 Å². The Labute approximate surface area is 317 Å². The number of carbonyl (C=O) groups is 1. The van der Waals surface area contributed by atoms with Crippen molar-refractivity contribution in [2.45, 2.75) is 82.4 Å². The molecule has 1 aromatic rings. The Kier molecular flexibility index (Phi) is 13.1. The minimum absolute atomic E-state index is 0.0203. The number of benzene rings is 2. The number of carboxylic acids is 1. The van der Waals surface area contributed by atoms with Crippen LogP contribution in [0.1, 0.15) is 83.6 Å². The van der Waals surface area contributed by atoms with E-state index in [2.05, 4.69) is 20.8 Å². The maximum atomic E-state index is 12.2. The average Bonchev–Trinajstić information content (AvgIpc) is 3.26. The van der Waals surface area contributed by atoms with Gasteiger partial charge in [0.1, 0.15) is 24.6 Å². The SMILES string of the molecule is CC[N+](CCCS(=O)(=O)O)=c1ccc2c(C(C)(C)C)cc(/C=C/C=C3/N(CCCS(=O)(=O)O)c4ccc(S(=O)(=O)O)cc4C3(C)CCCC(=O)O)oc-2c1. The van der Waals surface area contributed by atoms with Crippen molar-refractivity contribution < 1.29 is 53.2 Å². The van der Waals surface area contributed by atoms with Gasteiger partial charge in [-0.1, -0.05) is 26.8 Å². The van der Waals surface area contributed by atoms with Gasteiger partial charge in [-0.05, 0) is 92.1 Å². The Balaban J connectivity index is 1.87. The third kappa shape index (κ3) is 10.9. The van der Waals surface area contributed by atoms with Crippen molar-refractivity contribution in [2.24, 2.45) is 0 Å². The number of nitrogens with zero attached hydrogens (tertiary/aromatic N) is 2. The molecule has 4 N–H and O–H groups in total. The highest BCUT2D eigenvalue weighted by molar-refractivity contribution is 7.86. The van der Waals surface area contributed by atoms with Crippen LogP contribution in [0.25, 0.3) is 17.4 Å². The lowest BCUT2D eigenvalue weighted by Crippen LogP contribution is -2.31. The molecule has 1 aliphatic carbocycles. The molecule has 3 aliphatic rings. The van der Waals surface area contributed by atoms with E-state index < -0.39 is 47.5 Å². The number of carboxylic acid groups (broad SMARTS) is 1. The largest absolute Gasteiger partial charge is 0.481 e. The topological polar surface area (TPSA) is 220 Å². The van der Waals surface area contributed by atoms with Gasteiger partial charge in [0.05, 0.1) is 22.5 Å². The molecule has 4 rings (SSSR count). The average molecular weight is 810 g/mol. The summed E-state index contributed by atoms with van der Waals surface area (Å²) in [6.45, 7) is 11.1. The molecule has 0 radical (unpaired) electrons. The summed E-state index contributed by atoms with van der Waals surface area (Å²) in [6, 6.07) is 11.8. The number of rotatable bonds is 16. The molecule has 14 nitrogen and oxygen atoms in total. The monoisotopic (exact) mass is 809 g/mol. The van der Waals surface area contributed by atoms with Gasteiger partial charge in [-0.25, -0.2) is 4.58 Å². The number of allylic oxidation sites excluding steroid dienone is 3. The van der Waals surface area contributed by atoms with Crippen LogP contribution in [0.3, 0.4) is 0 Å². The van der Waals surface area contributed by atoms with Crippen LogP contribution >= 0.6 is 0 Å². The number of hydrogen-bond acceptors (Lipinski definition) is 9. The molecule has 2 aliphatic heterocycles. The van der Waals surface area contributed by atoms with Gasteiger partial charge in [-0.3, -0.25) is 18.5 Å². The molecule has 0 fully saturated rings. The summed E-state index contributed by atoms with van der Waals surface area (Å²) in [5.41, 5.74) is 2.27. The lowest BCUT2D eigenvalue weighted by Gasteiger charge is -2.30. The number of aliphatic carboxylic acids is 1. The van der Waals surface area contributed by atoms with E-state index in [-0.39, 0.29) is 54.7 Å². The van der Waals surface area contributed by atoms with Crippen LogP contribution in [-0.4, -0.2) is 81.1 Å². The summed E-state index contributed by atoms with van der Waals surface area (Å²) in [5, 5.41) is 10.2. The van der Waals surface area contributed by atoms with Crippen LogP contribution in [0.5, 0.6) is 0 Å². The second-order valence-corrected chi connectivity index (χ2v) is 19.2. The molecule has 0 bridgehead atoms. The van der Waals surface area contributed by atoms with Gasteiger partial charge in [0.2, 0.25) is 5.36 Å². The maximum Gasteiger partial charge on any atom is 0.303 e. The molecule has 17 heteroatoms. The molecule has 0 amide bonds. The fraction of sp³-hybridized carbons (Fsp3) is 0.459. The zero-order chi connectivity index (χ0) is 40.3. The lowest BCUT2D eigenvalue weighted by atomic mass is 9.77. The highest BCUT2D eigenvalue weighted by atomic mass is 32.2. The number of fused-ring (bicyclic) bond motifs is 2. The second-order valence-electron chi connectivity index (χ2n) is 14.6. The zero-order valence-electron chi connectivity index (χ0n) is 31.0. The predicted octanol–water partition coefficient (Wildman–Crippen LogP) is 5.21. The van der Waals surface area contributed by atoms with Crippen molar-refractivity contribution in [1.29, 1.82) is 0 Å². The first-order chi connectivity index (χ1) is 24.9. The Morgan fingerprint density at radius 3 is 2.19 bits per heavy atom. The Bertz CT molecular complexity index is 2320. The van der Waals surface area contributed by atoms with Gasteiger partial charge in [-0.15, -0.1) is 0 Å². The lowest BCUT2D eigenvalue weighted by molar-refractivity contribution is -0.137.